The van der Waals surface area contributed by atoms with Gasteiger partial charge in [-0.05, 0) is 87.0 Å². The van der Waals surface area contributed by atoms with Gasteiger partial charge in [-0.15, -0.1) is 0 Å². The molecule has 0 fully saturated rings. The first-order chi connectivity index (χ1) is 34.2. The summed E-state index contributed by atoms with van der Waals surface area (Å²) in [6, 6.07) is 85.7. The van der Waals surface area contributed by atoms with Crippen molar-refractivity contribution in [1.82, 2.24) is 24.1 Å². The Labute approximate surface area is 397 Å². The molecule has 1 aliphatic carbocycles. The van der Waals surface area contributed by atoms with Crippen molar-refractivity contribution in [1.29, 1.82) is 0 Å². The first kappa shape index (κ1) is 38.0. The van der Waals surface area contributed by atoms with Gasteiger partial charge < -0.3 is 9.13 Å². The third-order valence-electron chi connectivity index (χ3n) is 14.8. The maximum atomic E-state index is 5.37. The van der Waals surface area contributed by atoms with E-state index in [0.29, 0.717) is 17.5 Å². The lowest BCUT2D eigenvalue weighted by Crippen LogP contribution is -2.33. The first-order valence-electron chi connectivity index (χ1n) is 23.6. The molecule has 1 spiro atoms. The van der Waals surface area contributed by atoms with Gasteiger partial charge in [0.15, 0.2) is 17.5 Å². The standard InChI is InChI=1S/C64H39N5/c1-3-18-40(19-4-1)61-65-62(41-20-5-2-6-21-41)67-63(66-61)49-28-17-30-53-59(49)50-39-43(42-22-15-23-44(38-42)68-55-32-11-7-24-45(55)46-25-8-12-33-56(46)68)36-37-51(50)64(53)52-29-10-14-35-58(52)69-57-34-13-9-26-47(57)48-27-16-31-54(64)60(48)69/h1-39H. The molecule has 0 radical (unpaired) electrons. The van der Waals surface area contributed by atoms with Gasteiger partial charge in [-0.25, -0.2) is 15.0 Å². The highest BCUT2D eigenvalue weighted by atomic mass is 15.0. The molecule has 1 atom stereocenters. The third kappa shape index (κ3) is 5.27. The Bertz CT molecular complexity index is 4150. The van der Waals surface area contributed by atoms with Crippen LogP contribution in [-0.4, -0.2) is 24.1 Å². The van der Waals surface area contributed by atoms with Crippen molar-refractivity contribution in [3.63, 3.8) is 0 Å². The van der Waals surface area contributed by atoms with Gasteiger partial charge in [0.1, 0.15) is 0 Å². The largest absolute Gasteiger partial charge is 0.309 e. The van der Waals surface area contributed by atoms with E-state index in [-0.39, 0.29) is 0 Å². The highest BCUT2D eigenvalue weighted by Gasteiger charge is 2.51. The minimum Gasteiger partial charge on any atom is -0.309 e. The van der Waals surface area contributed by atoms with Crippen LogP contribution >= 0.6 is 0 Å². The molecule has 0 saturated heterocycles. The predicted molar refractivity (Wildman–Crippen MR) is 281 cm³/mol. The zero-order valence-electron chi connectivity index (χ0n) is 37.3. The lowest BCUT2D eigenvalue weighted by atomic mass is 9.65. The van der Waals surface area contributed by atoms with Crippen molar-refractivity contribution in [3.8, 4) is 67.8 Å². The summed E-state index contributed by atoms with van der Waals surface area (Å²) in [6.45, 7) is 0. The first-order valence-corrected chi connectivity index (χ1v) is 23.6. The quantitative estimate of drug-likeness (QED) is 0.173. The van der Waals surface area contributed by atoms with Crippen molar-refractivity contribution in [2.75, 3.05) is 0 Å². The van der Waals surface area contributed by atoms with Gasteiger partial charge in [-0.1, -0.05) is 194 Å². The summed E-state index contributed by atoms with van der Waals surface area (Å²) in [4.78, 5) is 15.9. The van der Waals surface area contributed by atoms with E-state index in [1.807, 2.05) is 36.4 Å². The topological polar surface area (TPSA) is 48.5 Å². The molecule has 13 aromatic rings. The molecule has 0 saturated carbocycles. The van der Waals surface area contributed by atoms with Crippen LogP contribution in [0.3, 0.4) is 0 Å². The number of aromatic nitrogens is 5. The fourth-order valence-corrected chi connectivity index (χ4v) is 12.0. The van der Waals surface area contributed by atoms with E-state index in [9.17, 15) is 0 Å². The zero-order valence-corrected chi connectivity index (χ0v) is 37.3. The van der Waals surface area contributed by atoms with Crippen molar-refractivity contribution >= 4 is 43.6 Å². The summed E-state index contributed by atoms with van der Waals surface area (Å²) >= 11 is 0. The Morgan fingerprint density at radius 3 is 1.52 bits per heavy atom. The molecular weight excluding hydrogens is 839 g/mol. The zero-order chi connectivity index (χ0) is 45.2. The van der Waals surface area contributed by atoms with Crippen LogP contribution in [0.15, 0.2) is 237 Å². The van der Waals surface area contributed by atoms with Gasteiger partial charge in [0.05, 0.1) is 33.2 Å². The molecular formula is C64H39N5. The Balaban J connectivity index is 1.03. The van der Waals surface area contributed by atoms with E-state index in [2.05, 4.69) is 209 Å². The lowest BCUT2D eigenvalue weighted by Gasteiger charge is -2.39. The van der Waals surface area contributed by atoms with Crippen LogP contribution in [0.1, 0.15) is 22.3 Å². The predicted octanol–water partition coefficient (Wildman–Crippen LogP) is 15.4. The van der Waals surface area contributed by atoms with Gasteiger partial charge in [0.2, 0.25) is 0 Å². The molecule has 0 bridgehead atoms. The van der Waals surface area contributed by atoms with Crippen LogP contribution in [0.2, 0.25) is 0 Å². The van der Waals surface area contributed by atoms with Gasteiger partial charge in [0, 0.05) is 43.9 Å². The van der Waals surface area contributed by atoms with Crippen LogP contribution in [-0.2, 0) is 5.41 Å². The number of para-hydroxylation sites is 5. The van der Waals surface area contributed by atoms with Crippen LogP contribution in [0.5, 0.6) is 0 Å². The fraction of sp³-hybridized carbons (Fsp3) is 0.0156. The maximum absolute atomic E-state index is 5.37. The van der Waals surface area contributed by atoms with Crippen LogP contribution in [0, 0.1) is 0 Å². The van der Waals surface area contributed by atoms with E-state index in [4.69, 9.17) is 15.0 Å². The second kappa shape index (κ2) is 14.4. The van der Waals surface area contributed by atoms with E-state index in [1.165, 1.54) is 77.1 Å². The molecule has 69 heavy (non-hydrogen) atoms. The summed E-state index contributed by atoms with van der Waals surface area (Å²) < 4.78 is 4.90. The Morgan fingerprint density at radius 2 is 0.812 bits per heavy atom. The summed E-state index contributed by atoms with van der Waals surface area (Å²) in [7, 11) is 0. The Morgan fingerprint density at radius 1 is 0.304 bits per heavy atom. The molecule has 0 amide bonds. The van der Waals surface area contributed by atoms with Gasteiger partial charge in [-0.3, -0.25) is 0 Å². The van der Waals surface area contributed by atoms with Gasteiger partial charge >= 0.3 is 0 Å². The van der Waals surface area contributed by atoms with E-state index in [0.717, 1.165) is 39.1 Å². The van der Waals surface area contributed by atoms with E-state index in [1.54, 1.807) is 0 Å². The summed E-state index contributed by atoms with van der Waals surface area (Å²) in [5.41, 5.74) is 18.9. The summed E-state index contributed by atoms with van der Waals surface area (Å²) in [5.74, 6) is 1.91. The van der Waals surface area contributed by atoms with Gasteiger partial charge in [0.25, 0.3) is 0 Å². The molecule has 4 heterocycles. The minimum absolute atomic E-state index is 0.637. The normalized spacial score (nSPS) is 14.4. The second-order valence-corrected chi connectivity index (χ2v) is 18.3. The number of rotatable bonds is 5. The number of hydrogen-bond acceptors (Lipinski definition) is 3. The molecule has 2 aliphatic rings. The second-order valence-electron chi connectivity index (χ2n) is 18.3. The highest BCUT2D eigenvalue weighted by Crippen LogP contribution is 2.62. The van der Waals surface area contributed by atoms with Crippen LogP contribution < -0.4 is 0 Å². The SMILES string of the molecule is c1ccc(-c2nc(-c3ccccc3)nc(-c3cccc4c3-c3cc(-c5cccc(-n6c7ccccc7c7ccccc76)c5)ccc3C43c4ccccc4-n4c5ccccc5c5cccc3c54)n2)cc1. The van der Waals surface area contributed by atoms with Crippen LogP contribution in [0.25, 0.3) is 111 Å². The molecule has 3 aromatic heterocycles. The van der Waals surface area contributed by atoms with Gasteiger partial charge in [-0.2, -0.15) is 0 Å². The molecule has 1 unspecified atom stereocenters. The molecule has 5 nitrogen and oxygen atoms in total. The number of nitrogens with zero attached hydrogens (tertiary/aromatic N) is 5. The summed E-state index contributed by atoms with van der Waals surface area (Å²) in [6.07, 6.45) is 0. The van der Waals surface area contributed by atoms with Crippen molar-refractivity contribution < 1.29 is 0 Å². The van der Waals surface area contributed by atoms with E-state index >= 15 is 0 Å². The van der Waals surface area contributed by atoms with Crippen LogP contribution in [0.4, 0.5) is 0 Å². The molecule has 5 heteroatoms. The van der Waals surface area contributed by atoms with E-state index < -0.39 is 5.41 Å². The number of hydrogen-bond donors (Lipinski definition) is 0. The maximum Gasteiger partial charge on any atom is 0.164 e. The average Bonchev–Trinajstić information content (AvgIpc) is 4.05. The van der Waals surface area contributed by atoms with Crippen molar-refractivity contribution in [2.45, 2.75) is 5.41 Å². The molecule has 0 N–H and O–H groups in total. The molecule has 1 aliphatic heterocycles. The monoisotopic (exact) mass is 877 g/mol. The fourth-order valence-electron chi connectivity index (χ4n) is 12.0. The number of benzene rings is 10. The number of fused-ring (bicyclic) bond motifs is 15. The molecule has 320 valence electrons. The molecule has 10 aromatic carbocycles. The van der Waals surface area contributed by atoms with Crippen molar-refractivity contribution in [2.24, 2.45) is 0 Å². The highest BCUT2D eigenvalue weighted by molar-refractivity contribution is 6.13. The lowest BCUT2D eigenvalue weighted by molar-refractivity contribution is 0.748. The molecule has 15 rings (SSSR count). The average molecular weight is 878 g/mol. The Kier molecular flexibility index (Phi) is 7.93. The smallest absolute Gasteiger partial charge is 0.164 e. The Hall–Kier alpha value is -9.19. The summed E-state index contributed by atoms with van der Waals surface area (Å²) in [5, 5.41) is 4.99. The minimum atomic E-state index is -0.665. The van der Waals surface area contributed by atoms with Crippen molar-refractivity contribution in [3.05, 3.63) is 259 Å². The third-order valence-corrected chi connectivity index (χ3v) is 14.8.